The lowest BCUT2D eigenvalue weighted by molar-refractivity contribution is -0.126. The van der Waals surface area contributed by atoms with Crippen LogP contribution < -0.4 is 25.0 Å². The van der Waals surface area contributed by atoms with Crippen LogP contribution in [0.5, 0.6) is 11.5 Å². The maximum atomic E-state index is 12.2. The van der Waals surface area contributed by atoms with Gasteiger partial charge in [-0.15, -0.1) is 0 Å². The molecule has 7 nitrogen and oxygen atoms in total. The molecule has 1 saturated heterocycles. The fourth-order valence-electron chi connectivity index (χ4n) is 3.57. The quantitative estimate of drug-likeness (QED) is 0.735. The second-order valence-electron chi connectivity index (χ2n) is 7.28. The molecule has 0 radical (unpaired) electrons. The summed E-state index contributed by atoms with van der Waals surface area (Å²) in [6.07, 6.45) is 3.51. The molecule has 0 aliphatic carbocycles. The van der Waals surface area contributed by atoms with Crippen LogP contribution in [0.15, 0.2) is 42.5 Å². The van der Waals surface area contributed by atoms with Crippen molar-refractivity contribution in [2.45, 2.75) is 32.2 Å². The van der Waals surface area contributed by atoms with E-state index in [4.69, 9.17) is 9.47 Å². The third kappa shape index (κ3) is 4.99. The Morgan fingerprint density at radius 1 is 0.897 bits per heavy atom. The number of nitrogens with zero attached hydrogens (tertiary/aromatic N) is 1. The van der Waals surface area contributed by atoms with E-state index in [1.165, 1.54) is 24.9 Å². The number of hydrogen-bond acceptors (Lipinski definition) is 5. The molecule has 0 spiro atoms. The molecule has 0 unspecified atom stereocenters. The van der Waals surface area contributed by atoms with Crippen LogP contribution in [0.1, 0.15) is 31.2 Å². The first kappa shape index (κ1) is 19.1. The van der Waals surface area contributed by atoms with Crippen LogP contribution in [-0.2, 0) is 16.1 Å². The Bertz CT molecular complexity index is 876. The molecule has 7 heteroatoms. The van der Waals surface area contributed by atoms with Crippen LogP contribution in [0, 0.1) is 0 Å². The Kier molecular flexibility index (Phi) is 5.84. The zero-order valence-electron chi connectivity index (χ0n) is 16.3. The zero-order chi connectivity index (χ0) is 20.1. The van der Waals surface area contributed by atoms with Crippen LogP contribution in [0.4, 0.5) is 11.4 Å². The van der Waals surface area contributed by atoms with Gasteiger partial charge < -0.3 is 25.0 Å². The predicted octanol–water partition coefficient (Wildman–Crippen LogP) is 3.05. The molecule has 4 rings (SSSR count). The van der Waals surface area contributed by atoms with E-state index in [2.05, 4.69) is 15.5 Å². The molecule has 152 valence electrons. The van der Waals surface area contributed by atoms with Crippen molar-refractivity contribution < 1.29 is 19.1 Å². The number of nitrogens with one attached hydrogen (secondary N) is 2. The molecule has 2 heterocycles. The number of carbonyl (C=O) groups is 2. The molecule has 2 aromatic rings. The minimum absolute atomic E-state index is 0.213. The average molecular weight is 395 g/mol. The summed E-state index contributed by atoms with van der Waals surface area (Å²) < 4.78 is 10.6. The molecule has 2 aliphatic heterocycles. The van der Waals surface area contributed by atoms with Crippen LogP contribution in [0.2, 0.25) is 0 Å². The van der Waals surface area contributed by atoms with E-state index >= 15 is 0 Å². The Labute approximate surface area is 170 Å². The van der Waals surface area contributed by atoms with E-state index in [-0.39, 0.29) is 25.0 Å². The highest BCUT2D eigenvalue weighted by molar-refractivity contribution is 6.03. The molecule has 2 aliphatic rings. The fourth-order valence-corrected chi connectivity index (χ4v) is 3.57. The second kappa shape index (κ2) is 8.86. The van der Waals surface area contributed by atoms with Crippen molar-refractivity contribution in [3.05, 3.63) is 48.0 Å². The number of anilines is 2. The number of rotatable bonds is 6. The van der Waals surface area contributed by atoms with E-state index in [1.807, 2.05) is 42.5 Å². The summed E-state index contributed by atoms with van der Waals surface area (Å²) in [4.78, 5) is 26.6. The Morgan fingerprint density at radius 3 is 2.45 bits per heavy atom. The Balaban J connectivity index is 1.23. The van der Waals surface area contributed by atoms with Gasteiger partial charge in [-0.1, -0.05) is 6.07 Å². The topological polar surface area (TPSA) is 79.9 Å². The molecule has 2 aromatic carbocycles. The number of fused-ring (bicyclic) bond motifs is 1. The third-order valence-corrected chi connectivity index (χ3v) is 5.12. The lowest BCUT2D eigenvalue weighted by Crippen LogP contribution is -2.29. The summed E-state index contributed by atoms with van der Waals surface area (Å²) in [6.45, 7) is 2.70. The highest BCUT2D eigenvalue weighted by atomic mass is 16.7. The molecule has 0 bridgehead atoms. The molecule has 2 amide bonds. The van der Waals surface area contributed by atoms with E-state index in [9.17, 15) is 9.59 Å². The largest absolute Gasteiger partial charge is 0.454 e. The summed E-state index contributed by atoms with van der Waals surface area (Å²) in [5, 5.41) is 5.54. The standard InChI is InChI=1S/C22H25N3O4/c26-21(23-14-16-4-9-19-20(12-16)29-15-28-19)13-22(27)24-17-5-7-18(8-6-17)25-10-2-1-3-11-25/h4-9,12H,1-3,10-11,13-15H2,(H,23,26)(H,24,27). The van der Waals surface area contributed by atoms with Crippen LogP contribution in [0.3, 0.4) is 0 Å². The van der Waals surface area contributed by atoms with Crippen molar-refractivity contribution in [3.63, 3.8) is 0 Å². The van der Waals surface area contributed by atoms with E-state index in [1.54, 1.807) is 0 Å². The van der Waals surface area contributed by atoms with Gasteiger partial charge in [-0.05, 0) is 61.2 Å². The minimum atomic E-state index is -0.334. The minimum Gasteiger partial charge on any atom is -0.454 e. The van der Waals surface area contributed by atoms with E-state index in [0.717, 1.165) is 18.7 Å². The lowest BCUT2D eigenvalue weighted by atomic mass is 10.1. The van der Waals surface area contributed by atoms with Gasteiger partial charge >= 0.3 is 0 Å². The van der Waals surface area contributed by atoms with Crippen molar-refractivity contribution in [2.75, 3.05) is 30.1 Å². The molecule has 0 atom stereocenters. The van der Waals surface area contributed by atoms with Gasteiger partial charge in [0.15, 0.2) is 11.5 Å². The van der Waals surface area contributed by atoms with Crippen LogP contribution >= 0.6 is 0 Å². The third-order valence-electron chi connectivity index (χ3n) is 5.12. The van der Waals surface area contributed by atoms with Crippen molar-refractivity contribution in [1.29, 1.82) is 0 Å². The summed E-state index contributed by atoms with van der Waals surface area (Å²) in [6, 6.07) is 13.3. The summed E-state index contributed by atoms with van der Waals surface area (Å²) in [5.74, 6) is 0.706. The number of carbonyl (C=O) groups excluding carboxylic acids is 2. The SMILES string of the molecule is O=C(CC(=O)Nc1ccc(N2CCCCC2)cc1)NCc1ccc2c(c1)OCO2. The van der Waals surface area contributed by atoms with Crippen molar-refractivity contribution in [2.24, 2.45) is 0 Å². The highest BCUT2D eigenvalue weighted by Gasteiger charge is 2.15. The molecule has 0 saturated carbocycles. The normalized spacial score (nSPS) is 15.1. The molecule has 0 aromatic heterocycles. The van der Waals surface area contributed by atoms with E-state index < -0.39 is 0 Å². The van der Waals surface area contributed by atoms with Crippen LogP contribution in [-0.4, -0.2) is 31.7 Å². The van der Waals surface area contributed by atoms with Crippen molar-refractivity contribution in [3.8, 4) is 11.5 Å². The number of hydrogen-bond donors (Lipinski definition) is 2. The number of amides is 2. The van der Waals surface area contributed by atoms with Gasteiger partial charge in [0.2, 0.25) is 18.6 Å². The van der Waals surface area contributed by atoms with Gasteiger partial charge in [-0.2, -0.15) is 0 Å². The molecular formula is C22H25N3O4. The molecular weight excluding hydrogens is 370 g/mol. The Morgan fingerprint density at radius 2 is 1.66 bits per heavy atom. The van der Waals surface area contributed by atoms with Crippen molar-refractivity contribution in [1.82, 2.24) is 5.32 Å². The lowest BCUT2D eigenvalue weighted by Gasteiger charge is -2.28. The number of benzene rings is 2. The van der Waals surface area contributed by atoms with Gasteiger partial charge in [0.1, 0.15) is 6.42 Å². The number of piperidine rings is 1. The Hall–Kier alpha value is -3.22. The second-order valence-corrected chi connectivity index (χ2v) is 7.28. The molecule has 2 N–H and O–H groups in total. The maximum absolute atomic E-state index is 12.2. The summed E-state index contributed by atoms with van der Waals surface area (Å²) in [7, 11) is 0. The average Bonchev–Trinajstić information content (AvgIpc) is 3.21. The smallest absolute Gasteiger partial charge is 0.233 e. The fraction of sp³-hybridized carbons (Fsp3) is 0.364. The van der Waals surface area contributed by atoms with Crippen LogP contribution in [0.25, 0.3) is 0 Å². The van der Waals surface area contributed by atoms with Gasteiger partial charge in [-0.3, -0.25) is 9.59 Å². The molecule has 29 heavy (non-hydrogen) atoms. The first-order valence-electron chi connectivity index (χ1n) is 9.97. The van der Waals surface area contributed by atoms with E-state index in [0.29, 0.717) is 23.7 Å². The summed E-state index contributed by atoms with van der Waals surface area (Å²) >= 11 is 0. The van der Waals surface area contributed by atoms with Gasteiger partial charge in [0.25, 0.3) is 0 Å². The number of ether oxygens (including phenoxy) is 2. The first-order chi connectivity index (χ1) is 14.2. The van der Waals surface area contributed by atoms with Gasteiger partial charge in [0.05, 0.1) is 0 Å². The zero-order valence-corrected chi connectivity index (χ0v) is 16.3. The van der Waals surface area contributed by atoms with Gasteiger partial charge in [-0.25, -0.2) is 0 Å². The van der Waals surface area contributed by atoms with Crippen molar-refractivity contribution >= 4 is 23.2 Å². The first-order valence-corrected chi connectivity index (χ1v) is 9.97. The molecule has 1 fully saturated rings. The monoisotopic (exact) mass is 395 g/mol. The predicted molar refractivity (Wildman–Crippen MR) is 110 cm³/mol. The highest BCUT2D eigenvalue weighted by Crippen LogP contribution is 2.32. The summed E-state index contributed by atoms with van der Waals surface area (Å²) in [5.41, 5.74) is 2.75. The van der Waals surface area contributed by atoms with Gasteiger partial charge in [0, 0.05) is 31.0 Å². The maximum Gasteiger partial charge on any atom is 0.233 e.